The van der Waals surface area contributed by atoms with Crippen molar-refractivity contribution in [1.82, 2.24) is 0 Å². The van der Waals surface area contributed by atoms with Gasteiger partial charge in [-0.3, -0.25) is 4.79 Å². The van der Waals surface area contributed by atoms with Crippen molar-refractivity contribution in [1.29, 1.82) is 0 Å². The summed E-state index contributed by atoms with van der Waals surface area (Å²) in [4.78, 5) is 9.47. The molecule has 0 saturated heterocycles. The Kier molecular flexibility index (Phi) is 8.26. The Morgan fingerprint density at radius 2 is 2.00 bits per heavy atom. The van der Waals surface area contributed by atoms with Gasteiger partial charge in [-0.25, -0.2) is 0 Å². The summed E-state index contributed by atoms with van der Waals surface area (Å²) in [6.45, 7) is 3.09. The Hall–Kier alpha value is 0.210. The van der Waals surface area contributed by atoms with E-state index < -0.39 is 5.91 Å². The van der Waals surface area contributed by atoms with E-state index in [0.717, 1.165) is 6.08 Å². The molecule has 0 aromatic rings. The zero-order valence-corrected chi connectivity index (χ0v) is 5.77. The first-order valence-electron chi connectivity index (χ1n) is 1.19. The van der Waals surface area contributed by atoms with Gasteiger partial charge in [0.2, 0.25) is 5.91 Å². The van der Waals surface area contributed by atoms with Crippen LogP contribution in [0.15, 0.2) is 12.7 Å². The number of hydrogen-bond acceptors (Lipinski definition) is 1. The van der Waals surface area contributed by atoms with Crippen molar-refractivity contribution in [3.63, 3.8) is 0 Å². The molecule has 1 amide bonds. The van der Waals surface area contributed by atoms with Crippen LogP contribution in [0, 0.1) is 0 Å². The molecule has 6 heavy (non-hydrogen) atoms. The van der Waals surface area contributed by atoms with Crippen molar-refractivity contribution in [3.05, 3.63) is 12.7 Å². The van der Waals surface area contributed by atoms with Gasteiger partial charge in [-0.05, 0) is 6.08 Å². The van der Waals surface area contributed by atoms with Gasteiger partial charge in [0.05, 0.1) is 0 Å². The molecule has 2 nitrogen and oxygen atoms in total. The fourth-order valence-electron chi connectivity index (χ4n) is 0. The van der Waals surface area contributed by atoms with Gasteiger partial charge >= 0.3 is 0 Å². The van der Waals surface area contributed by atoms with E-state index in [0.29, 0.717) is 0 Å². The monoisotopic (exact) mass is 94.0 g/mol. The molecule has 0 atom stereocenters. The first kappa shape index (κ1) is 9.51. The molecule has 1 radical (unpaired) electrons. The van der Waals surface area contributed by atoms with E-state index in [1.807, 2.05) is 0 Å². The number of primary amides is 1. The fraction of sp³-hybridized carbons (Fsp3) is 0. The smallest absolute Gasteiger partial charge is 0.240 e. The van der Waals surface area contributed by atoms with E-state index in [1.54, 1.807) is 0 Å². The first-order chi connectivity index (χ1) is 2.27. The molecule has 0 rings (SSSR count). The van der Waals surface area contributed by atoms with Gasteiger partial charge in [0.1, 0.15) is 0 Å². The second kappa shape index (κ2) is 5.21. The molecule has 0 saturated carbocycles. The van der Waals surface area contributed by atoms with Crippen LogP contribution in [0.25, 0.3) is 0 Å². The van der Waals surface area contributed by atoms with Crippen LogP contribution in [-0.2, 0) is 4.79 Å². The number of hydrogen-bond donors (Lipinski definition) is 1. The third-order valence-electron chi connectivity index (χ3n) is 0.201. The number of carbonyl (C=O) groups is 1. The third kappa shape index (κ3) is 8.88. The summed E-state index contributed by atoms with van der Waals surface area (Å²) >= 11 is 0. The van der Waals surface area contributed by atoms with Crippen LogP contribution in [0.4, 0.5) is 0 Å². The molecule has 2 N–H and O–H groups in total. The summed E-state index contributed by atoms with van der Waals surface area (Å²) < 4.78 is 0. The molecule has 0 aliphatic rings. The molecule has 0 aliphatic carbocycles. The summed E-state index contributed by atoms with van der Waals surface area (Å²) in [5.74, 6) is -0.481. The van der Waals surface area contributed by atoms with Crippen LogP contribution >= 0.6 is 0 Å². The van der Waals surface area contributed by atoms with E-state index in [1.165, 1.54) is 0 Å². The van der Waals surface area contributed by atoms with Gasteiger partial charge < -0.3 is 5.73 Å². The molecule has 0 unspecified atom stereocenters. The molecule has 0 aliphatic heterocycles. The SMILES string of the molecule is C=CC(N)=O.[Na]. The molecule has 29 valence electrons. The summed E-state index contributed by atoms with van der Waals surface area (Å²) in [6.07, 6.45) is 1.06. The van der Waals surface area contributed by atoms with Crippen LogP contribution in [0.1, 0.15) is 0 Å². The number of amides is 1. The van der Waals surface area contributed by atoms with Crippen molar-refractivity contribution in [3.8, 4) is 0 Å². The number of nitrogens with two attached hydrogens (primary N) is 1. The summed E-state index contributed by atoms with van der Waals surface area (Å²) in [6, 6.07) is 0. The Bertz CT molecular complexity index is 61.8. The largest absolute Gasteiger partial charge is 0.366 e. The molecular formula is C3H5NNaO. The van der Waals surface area contributed by atoms with E-state index in [-0.39, 0.29) is 29.6 Å². The van der Waals surface area contributed by atoms with Crippen molar-refractivity contribution < 1.29 is 4.79 Å². The third-order valence-corrected chi connectivity index (χ3v) is 0.201. The van der Waals surface area contributed by atoms with Gasteiger partial charge in [0.15, 0.2) is 0 Å². The fourth-order valence-corrected chi connectivity index (χ4v) is 0. The van der Waals surface area contributed by atoms with Crippen LogP contribution in [0.5, 0.6) is 0 Å². The Morgan fingerprint density at radius 1 is 1.83 bits per heavy atom. The summed E-state index contributed by atoms with van der Waals surface area (Å²) in [5, 5.41) is 0. The minimum Gasteiger partial charge on any atom is -0.366 e. The van der Waals surface area contributed by atoms with Crippen LogP contribution in [0.3, 0.4) is 0 Å². The second-order valence-corrected chi connectivity index (χ2v) is 0.606. The Labute approximate surface area is 58.7 Å². The predicted molar refractivity (Wildman–Crippen MR) is 25.1 cm³/mol. The maximum atomic E-state index is 9.47. The van der Waals surface area contributed by atoms with Crippen molar-refractivity contribution in [2.24, 2.45) is 5.73 Å². The molecule has 0 aromatic carbocycles. The maximum absolute atomic E-state index is 9.47. The van der Waals surface area contributed by atoms with Crippen LogP contribution in [0.2, 0.25) is 0 Å². The number of carbonyl (C=O) groups excluding carboxylic acids is 1. The zero-order chi connectivity index (χ0) is 4.28. The van der Waals surface area contributed by atoms with Gasteiger partial charge in [-0.2, -0.15) is 0 Å². The Balaban J connectivity index is 0. The average molecular weight is 94.1 g/mol. The van der Waals surface area contributed by atoms with Gasteiger partial charge in [0.25, 0.3) is 0 Å². The van der Waals surface area contributed by atoms with Crippen molar-refractivity contribution >= 4 is 35.5 Å². The van der Waals surface area contributed by atoms with E-state index in [9.17, 15) is 4.79 Å². The first-order valence-corrected chi connectivity index (χ1v) is 1.19. The van der Waals surface area contributed by atoms with Crippen LogP contribution in [-0.4, -0.2) is 35.5 Å². The standard InChI is InChI=1S/C3H5NO.Na/c1-2-3(4)5;/h2H,1H2,(H2,4,5);. The molecule has 0 heterocycles. The minimum atomic E-state index is -0.481. The second-order valence-electron chi connectivity index (χ2n) is 0.606. The molecule has 0 aromatic heterocycles. The maximum Gasteiger partial charge on any atom is 0.240 e. The minimum absolute atomic E-state index is 0. The molecule has 0 bridgehead atoms. The predicted octanol–water partition coefficient (Wildman–Crippen LogP) is -0.723. The van der Waals surface area contributed by atoms with Crippen molar-refractivity contribution in [2.45, 2.75) is 0 Å². The molecule has 0 spiro atoms. The van der Waals surface area contributed by atoms with E-state index >= 15 is 0 Å². The topological polar surface area (TPSA) is 43.1 Å². The van der Waals surface area contributed by atoms with Gasteiger partial charge in [-0.15, -0.1) is 0 Å². The van der Waals surface area contributed by atoms with Gasteiger partial charge in [-0.1, -0.05) is 6.58 Å². The average Bonchev–Trinajstić information content (AvgIpc) is 1.38. The Morgan fingerprint density at radius 3 is 2.00 bits per heavy atom. The van der Waals surface area contributed by atoms with E-state index in [2.05, 4.69) is 12.3 Å². The van der Waals surface area contributed by atoms with Gasteiger partial charge in [0, 0.05) is 29.6 Å². The normalized spacial score (nSPS) is 5.33. The van der Waals surface area contributed by atoms with Crippen molar-refractivity contribution in [2.75, 3.05) is 0 Å². The summed E-state index contributed by atoms with van der Waals surface area (Å²) in [5.41, 5.74) is 4.53. The van der Waals surface area contributed by atoms with E-state index in [4.69, 9.17) is 0 Å². The van der Waals surface area contributed by atoms with Crippen LogP contribution < -0.4 is 5.73 Å². The summed E-state index contributed by atoms with van der Waals surface area (Å²) in [7, 11) is 0. The molecular weight excluding hydrogens is 89.0 g/mol. The number of rotatable bonds is 1. The quantitative estimate of drug-likeness (QED) is 0.338. The molecule has 0 fully saturated rings. The molecule has 3 heteroatoms. The zero-order valence-electron chi connectivity index (χ0n) is 3.77.